The Hall–Kier alpha value is -1.93. The molecule has 126 valence electrons. The van der Waals surface area contributed by atoms with E-state index in [1.165, 1.54) is 12.1 Å². The summed E-state index contributed by atoms with van der Waals surface area (Å²) in [7, 11) is -3.79. The molecule has 1 heterocycles. The zero-order valence-electron chi connectivity index (χ0n) is 12.9. The van der Waals surface area contributed by atoms with Crippen molar-refractivity contribution in [2.45, 2.75) is 31.1 Å². The van der Waals surface area contributed by atoms with Crippen molar-refractivity contribution in [1.82, 2.24) is 4.72 Å². The number of hydrogen-bond donors (Lipinski definition) is 1. The van der Waals surface area contributed by atoms with Gasteiger partial charge in [-0.1, -0.05) is 0 Å². The molecule has 0 aliphatic carbocycles. The summed E-state index contributed by atoms with van der Waals surface area (Å²) in [6.45, 7) is 2.07. The van der Waals surface area contributed by atoms with Crippen LogP contribution in [-0.4, -0.2) is 40.0 Å². The van der Waals surface area contributed by atoms with Gasteiger partial charge in [-0.3, -0.25) is 9.59 Å². The van der Waals surface area contributed by atoms with Crippen LogP contribution in [0.5, 0.6) is 0 Å². The monoisotopic (exact) mass is 340 g/mol. The number of rotatable bonds is 6. The third kappa shape index (κ3) is 4.52. The van der Waals surface area contributed by atoms with E-state index >= 15 is 0 Å². The molecule has 1 N–H and O–H groups in total. The van der Waals surface area contributed by atoms with Gasteiger partial charge in [0, 0.05) is 18.7 Å². The Kier molecular flexibility index (Phi) is 5.73. The summed E-state index contributed by atoms with van der Waals surface area (Å²) < 4.78 is 31.0. The Morgan fingerprint density at radius 2 is 1.96 bits per heavy atom. The largest absolute Gasteiger partial charge is 0.465 e. The average Bonchev–Trinajstić information content (AvgIpc) is 2.54. The molecule has 1 amide bonds. The van der Waals surface area contributed by atoms with Crippen molar-refractivity contribution in [3.63, 3.8) is 0 Å². The number of esters is 1. The number of anilines is 1. The Morgan fingerprint density at radius 1 is 1.26 bits per heavy atom. The van der Waals surface area contributed by atoms with E-state index in [1.54, 1.807) is 24.0 Å². The van der Waals surface area contributed by atoms with Gasteiger partial charge in [0.25, 0.3) is 0 Å². The van der Waals surface area contributed by atoms with Crippen LogP contribution in [0.15, 0.2) is 29.2 Å². The zero-order chi connectivity index (χ0) is 16.9. The minimum absolute atomic E-state index is 0.0370. The number of carbonyl (C=O) groups is 2. The molecule has 1 aliphatic rings. The lowest BCUT2D eigenvalue weighted by Crippen LogP contribution is -2.35. The zero-order valence-corrected chi connectivity index (χ0v) is 13.8. The third-order valence-corrected chi connectivity index (χ3v) is 4.91. The predicted octanol–water partition coefficient (Wildman–Crippen LogP) is 1.04. The summed E-state index contributed by atoms with van der Waals surface area (Å²) in [5.74, 6) is -0.584. The molecule has 0 saturated carbocycles. The van der Waals surface area contributed by atoms with Crippen LogP contribution in [0.4, 0.5) is 5.69 Å². The summed E-state index contributed by atoms with van der Waals surface area (Å²) in [4.78, 5) is 24.8. The van der Waals surface area contributed by atoms with E-state index in [0.29, 0.717) is 18.7 Å². The fourth-order valence-corrected chi connectivity index (χ4v) is 3.30. The molecular formula is C15H20N2O5S. The van der Waals surface area contributed by atoms with Gasteiger partial charge in [-0.25, -0.2) is 8.42 Å². The second-order valence-electron chi connectivity index (χ2n) is 5.13. The molecule has 1 aromatic rings. The smallest absolute Gasteiger partial charge is 0.321 e. The number of benzene rings is 1. The normalized spacial score (nSPS) is 15.5. The first-order valence-electron chi connectivity index (χ1n) is 7.50. The Balaban J connectivity index is 2.06. The fraction of sp³-hybridized carbons (Fsp3) is 0.467. The molecule has 1 aliphatic heterocycles. The van der Waals surface area contributed by atoms with Gasteiger partial charge in [0.05, 0.1) is 11.5 Å². The third-order valence-electron chi connectivity index (χ3n) is 3.49. The maximum absolute atomic E-state index is 12.1. The van der Waals surface area contributed by atoms with E-state index < -0.39 is 22.5 Å². The summed E-state index contributed by atoms with van der Waals surface area (Å²) in [6, 6.07) is 6.04. The number of piperidine rings is 1. The minimum atomic E-state index is -3.79. The highest BCUT2D eigenvalue weighted by Gasteiger charge is 2.21. The SMILES string of the molecule is CCOC(=O)CNS(=O)(=O)c1ccc(N2CCCCC2=O)cc1. The minimum Gasteiger partial charge on any atom is -0.465 e. The van der Waals surface area contributed by atoms with Crippen LogP contribution in [-0.2, 0) is 24.3 Å². The van der Waals surface area contributed by atoms with Gasteiger partial charge in [-0.05, 0) is 44.0 Å². The number of carbonyl (C=O) groups excluding carboxylic acids is 2. The van der Waals surface area contributed by atoms with Crippen LogP contribution < -0.4 is 9.62 Å². The summed E-state index contributed by atoms with van der Waals surface area (Å²) in [5, 5.41) is 0. The molecule has 1 aromatic carbocycles. The van der Waals surface area contributed by atoms with E-state index in [9.17, 15) is 18.0 Å². The van der Waals surface area contributed by atoms with Crippen LogP contribution in [0, 0.1) is 0 Å². The highest BCUT2D eigenvalue weighted by atomic mass is 32.2. The lowest BCUT2D eigenvalue weighted by molar-refractivity contribution is -0.141. The van der Waals surface area contributed by atoms with Crippen molar-refractivity contribution in [1.29, 1.82) is 0 Å². The molecule has 0 radical (unpaired) electrons. The molecule has 1 fully saturated rings. The van der Waals surface area contributed by atoms with E-state index in [0.717, 1.165) is 12.8 Å². The van der Waals surface area contributed by atoms with Crippen LogP contribution in [0.3, 0.4) is 0 Å². The Morgan fingerprint density at radius 3 is 2.57 bits per heavy atom. The fourth-order valence-electron chi connectivity index (χ4n) is 2.33. The number of amides is 1. The summed E-state index contributed by atoms with van der Waals surface area (Å²) in [5.41, 5.74) is 0.680. The number of nitrogens with zero attached hydrogens (tertiary/aromatic N) is 1. The number of hydrogen-bond acceptors (Lipinski definition) is 5. The van der Waals surface area contributed by atoms with Crippen molar-refractivity contribution >= 4 is 27.6 Å². The topological polar surface area (TPSA) is 92.8 Å². The lowest BCUT2D eigenvalue weighted by atomic mass is 10.1. The van der Waals surface area contributed by atoms with Gasteiger partial charge in [0.2, 0.25) is 15.9 Å². The molecular weight excluding hydrogens is 320 g/mol. The van der Waals surface area contributed by atoms with Gasteiger partial charge in [-0.15, -0.1) is 0 Å². The number of sulfonamides is 1. The number of ether oxygens (including phenoxy) is 1. The molecule has 0 aromatic heterocycles. The number of nitrogens with one attached hydrogen (secondary N) is 1. The molecule has 7 nitrogen and oxygen atoms in total. The second-order valence-corrected chi connectivity index (χ2v) is 6.89. The van der Waals surface area contributed by atoms with Gasteiger partial charge in [-0.2, -0.15) is 4.72 Å². The Bertz CT molecular complexity index is 670. The predicted molar refractivity (Wildman–Crippen MR) is 84.5 cm³/mol. The van der Waals surface area contributed by atoms with Gasteiger partial charge < -0.3 is 9.64 Å². The molecule has 23 heavy (non-hydrogen) atoms. The van der Waals surface area contributed by atoms with E-state index in [1.807, 2.05) is 0 Å². The van der Waals surface area contributed by atoms with Gasteiger partial charge >= 0.3 is 5.97 Å². The van der Waals surface area contributed by atoms with Crippen molar-refractivity contribution in [3.8, 4) is 0 Å². The molecule has 1 saturated heterocycles. The van der Waals surface area contributed by atoms with E-state index in [4.69, 9.17) is 0 Å². The maximum atomic E-state index is 12.1. The molecule has 2 rings (SSSR count). The van der Waals surface area contributed by atoms with Crippen LogP contribution in [0.1, 0.15) is 26.2 Å². The average molecular weight is 340 g/mol. The van der Waals surface area contributed by atoms with E-state index in [-0.39, 0.29) is 17.4 Å². The van der Waals surface area contributed by atoms with E-state index in [2.05, 4.69) is 9.46 Å². The highest BCUT2D eigenvalue weighted by molar-refractivity contribution is 7.89. The standard InChI is InChI=1S/C15H20N2O5S/c1-2-22-15(19)11-16-23(20,21)13-8-6-12(7-9-13)17-10-4-3-5-14(17)18/h6-9,16H,2-5,10-11H2,1H3. The molecule has 0 bridgehead atoms. The summed E-state index contributed by atoms with van der Waals surface area (Å²) >= 11 is 0. The van der Waals surface area contributed by atoms with Crippen LogP contribution >= 0.6 is 0 Å². The first kappa shape index (κ1) is 17.4. The van der Waals surface area contributed by atoms with Crippen molar-refractivity contribution in [2.24, 2.45) is 0 Å². The van der Waals surface area contributed by atoms with Crippen molar-refractivity contribution in [2.75, 3.05) is 24.6 Å². The molecule has 8 heteroatoms. The van der Waals surface area contributed by atoms with Crippen molar-refractivity contribution in [3.05, 3.63) is 24.3 Å². The van der Waals surface area contributed by atoms with Gasteiger partial charge in [0.1, 0.15) is 6.54 Å². The van der Waals surface area contributed by atoms with Crippen LogP contribution in [0.2, 0.25) is 0 Å². The molecule has 0 atom stereocenters. The lowest BCUT2D eigenvalue weighted by Gasteiger charge is -2.26. The molecule has 0 unspecified atom stereocenters. The second kappa shape index (κ2) is 7.56. The van der Waals surface area contributed by atoms with Gasteiger partial charge in [0.15, 0.2) is 0 Å². The first-order valence-corrected chi connectivity index (χ1v) is 8.98. The summed E-state index contributed by atoms with van der Waals surface area (Å²) in [6.07, 6.45) is 2.34. The Labute approximate surface area is 135 Å². The van der Waals surface area contributed by atoms with Crippen LogP contribution in [0.25, 0.3) is 0 Å². The molecule has 0 spiro atoms. The highest BCUT2D eigenvalue weighted by Crippen LogP contribution is 2.22. The maximum Gasteiger partial charge on any atom is 0.321 e. The first-order chi connectivity index (χ1) is 10.9. The van der Waals surface area contributed by atoms with Crippen molar-refractivity contribution < 1.29 is 22.7 Å². The quantitative estimate of drug-likeness (QED) is 0.781.